The Hall–Kier alpha value is -1.65. The van der Waals surface area contributed by atoms with E-state index < -0.39 is 0 Å². The van der Waals surface area contributed by atoms with Gasteiger partial charge in [-0.25, -0.2) is 9.97 Å². The van der Waals surface area contributed by atoms with Crippen molar-refractivity contribution in [3.05, 3.63) is 18.1 Å². The smallest absolute Gasteiger partial charge is 0.227 e. The van der Waals surface area contributed by atoms with Gasteiger partial charge in [-0.15, -0.1) is 0 Å². The summed E-state index contributed by atoms with van der Waals surface area (Å²) in [7, 11) is 0. The third-order valence-corrected chi connectivity index (χ3v) is 4.83. The van der Waals surface area contributed by atoms with Crippen molar-refractivity contribution < 1.29 is 4.79 Å². The molecule has 0 aromatic carbocycles. The van der Waals surface area contributed by atoms with Crippen molar-refractivity contribution in [3.63, 3.8) is 0 Å². The summed E-state index contributed by atoms with van der Waals surface area (Å²) in [5.41, 5.74) is 1.06. The molecule has 3 rings (SSSR count). The second kappa shape index (κ2) is 7.07. The van der Waals surface area contributed by atoms with Gasteiger partial charge in [-0.1, -0.05) is 6.92 Å². The lowest BCUT2D eigenvalue weighted by Gasteiger charge is -2.36. The summed E-state index contributed by atoms with van der Waals surface area (Å²) in [4.78, 5) is 25.7. The van der Waals surface area contributed by atoms with Crippen LogP contribution >= 0.6 is 0 Å². The zero-order chi connectivity index (χ0) is 15.4. The number of piperidine rings is 2. The van der Waals surface area contributed by atoms with E-state index in [0.29, 0.717) is 5.91 Å². The van der Waals surface area contributed by atoms with E-state index >= 15 is 0 Å². The maximum atomic E-state index is 12.7. The molecule has 2 aliphatic rings. The van der Waals surface area contributed by atoms with Crippen LogP contribution in [0, 0.1) is 5.92 Å². The SMILES string of the molecule is CCc1cc(N2CCCC(C(=O)N3CCCCC3)C2)ncn1. The maximum Gasteiger partial charge on any atom is 0.227 e. The fourth-order valence-corrected chi connectivity index (χ4v) is 3.51. The van der Waals surface area contributed by atoms with Crippen LogP contribution in [0.1, 0.15) is 44.7 Å². The highest BCUT2D eigenvalue weighted by atomic mass is 16.2. The molecular formula is C17H26N4O. The van der Waals surface area contributed by atoms with Crippen molar-refractivity contribution in [2.75, 3.05) is 31.1 Å². The Kier molecular flexibility index (Phi) is 4.90. The minimum Gasteiger partial charge on any atom is -0.356 e. The van der Waals surface area contributed by atoms with Crippen molar-refractivity contribution in [3.8, 4) is 0 Å². The number of carbonyl (C=O) groups is 1. The molecule has 0 radical (unpaired) electrons. The van der Waals surface area contributed by atoms with E-state index in [1.165, 1.54) is 6.42 Å². The summed E-state index contributed by atoms with van der Waals surface area (Å²) in [5.74, 6) is 1.46. The first-order valence-electron chi connectivity index (χ1n) is 8.62. The molecule has 5 heteroatoms. The zero-order valence-corrected chi connectivity index (χ0v) is 13.5. The highest BCUT2D eigenvalue weighted by Crippen LogP contribution is 2.24. The summed E-state index contributed by atoms with van der Waals surface area (Å²) in [6, 6.07) is 2.06. The summed E-state index contributed by atoms with van der Waals surface area (Å²) in [5, 5.41) is 0. The van der Waals surface area contributed by atoms with Crippen molar-refractivity contribution in [1.29, 1.82) is 0 Å². The van der Waals surface area contributed by atoms with Crippen molar-refractivity contribution in [2.24, 2.45) is 5.92 Å². The third-order valence-electron chi connectivity index (χ3n) is 4.83. The average Bonchev–Trinajstić information content (AvgIpc) is 2.62. The Morgan fingerprint density at radius 1 is 1.18 bits per heavy atom. The second-order valence-corrected chi connectivity index (χ2v) is 6.39. The molecular weight excluding hydrogens is 276 g/mol. The number of rotatable bonds is 3. The van der Waals surface area contributed by atoms with Gasteiger partial charge in [0.1, 0.15) is 12.1 Å². The first kappa shape index (κ1) is 15.3. The zero-order valence-electron chi connectivity index (χ0n) is 13.5. The molecule has 0 spiro atoms. The van der Waals surface area contributed by atoms with Crippen LogP contribution in [0.25, 0.3) is 0 Å². The molecule has 2 aliphatic heterocycles. The standard InChI is InChI=1S/C17H26N4O/c1-2-15-11-16(19-13-18-15)21-10-6-7-14(12-21)17(22)20-8-4-3-5-9-20/h11,13-14H,2-10,12H2,1H3. The van der Waals surface area contributed by atoms with Gasteiger partial charge in [0.05, 0.1) is 5.92 Å². The second-order valence-electron chi connectivity index (χ2n) is 6.39. The van der Waals surface area contributed by atoms with Crippen LogP contribution in [-0.4, -0.2) is 47.0 Å². The number of hydrogen-bond acceptors (Lipinski definition) is 4. The van der Waals surface area contributed by atoms with E-state index in [-0.39, 0.29) is 5.92 Å². The Labute approximate surface area is 132 Å². The Bertz CT molecular complexity index is 513. The van der Waals surface area contributed by atoms with E-state index in [4.69, 9.17) is 0 Å². The molecule has 2 fully saturated rings. The molecule has 5 nitrogen and oxygen atoms in total. The lowest BCUT2D eigenvalue weighted by molar-refractivity contribution is -0.136. The molecule has 0 bridgehead atoms. The monoisotopic (exact) mass is 302 g/mol. The molecule has 1 aromatic rings. The molecule has 1 aromatic heterocycles. The summed E-state index contributed by atoms with van der Waals surface area (Å²) < 4.78 is 0. The molecule has 1 amide bonds. The highest BCUT2D eigenvalue weighted by Gasteiger charge is 2.30. The Morgan fingerprint density at radius 2 is 2.00 bits per heavy atom. The van der Waals surface area contributed by atoms with Gasteiger partial charge in [-0.3, -0.25) is 4.79 Å². The fraction of sp³-hybridized carbons (Fsp3) is 0.706. The molecule has 22 heavy (non-hydrogen) atoms. The summed E-state index contributed by atoms with van der Waals surface area (Å²) in [6.07, 6.45) is 8.22. The average molecular weight is 302 g/mol. The van der Waals surface area contributed by atoms with Crippen LogP contribution in [-0.2, 0) is 11.2 Å². The quantitative estimate of drug-likeness (QED) is 0.859. The van der Waals surface area contributed by atoms with Crippen LogP contribution in [0.3, 0.4) is 0 Å². The van der Waals surface area contributed by atoms with E-state index in [0.717, 1.165) is 69.8 Å². The first-order chi connectivity index (χ1) is 10.8. The maximum absolute atomic E-state index is 12.7. The van der Waals surface area contributed by atoms with Gasteiger partial charge in [-0.05, 0) is 38.5 Å². The molecule has 0 saturated carbocycles. The van der Waals surface area contributed by atoms with Crippen LogP contribution in [0.5, 0.6) is 0 Å². The number of hydrogen-bond donors (Lipinski definition) is 0. The molecule has 1 unspecified atom stereocenters. The lowest BCUT2D eigenvalue weighted by atomic mass is 9.95. The van der Waals surface area contributed by atoms with E-state index in [9.17, 15) is 4.79 Å². The van der Waals surface area contributed by atoms with Crippen LogP contribution in [0.4, 0.5) is 5.82 Å². The van der Waals surface area contributed by atoms with Crippen molar-refractivity contribution >= 4 is 11.7 Å². The van der Waals surface area contributed by atoms with Crippen molar-refractivity contribution in [2.45, 2.75) is 45.4 Å². The first-order valence-corrected chi connectivity index (χ1v) is 8.62. The predicted octanol–water partition coefficient (Wildman–Crippen LogP) is 2.27. The normalized spacial score (nSPS) is 22.7. The molecule has 2 saturated heterocycles. The number of carbonyl (C=O) groups excluding carboxylic acids is 1. The number of aromatic nitrogens is 2. The van der Waals surface area contributed by atoms with Crippen LogP contribution in [0.15, 0.2) is 12.4 Å². The Morgan fingerprint density at radius 3 is 2.77 bits per heavy atom. The van der Waals surface area contributed by atoms with Gasteiger partial charge < -0.3 is 9.80 Å². The lowest BCUT2D eigenvalue weighted by Crippen LogP contribution is -2.46. The number of likely N-dealkylation sites (tertiary alicyclic amines) is 1. The van der Waals surface area contributed by atoms with Gasteiger partial charge >= 0.3 is 0 Å². The van der Waals surface area contributed by atoms with Crippen LogP contribution in [0.2, 0.25) is 0 Å². The number of aryl methyl sites for hydroxylation is 1. The molecule has 0 aliphatic carbocycles. The van der Waals surface area contributed by atoms with Gasteiger partial charge in [0.2, 0.25) is 5.91 Å². The molecule has 120 valence electrons. The van der Waals surface area contributed by atoms with E-state index in [2.05, 4.69) is 32.8 Å². The summed E-state index contributed by atoms with van der Waals surface area (Å²) in [6.45, 7) is 5.79. The summed E-state index contributed by atoms with van der Waals surface area (Å²) >= 11 is 0. The van der Waals surface area contributed by atoms with E-state index in [1.807, 2.05) is 0 Å². The van der Waals surface area contributed by atoms with Gasteiger partial charge in [-0.2, -0.15) is 0 Å². The largest absolute Gasteiger partial charge is 0.356 e. The van der Waals surface area contributed by atoms with Gasteiger partial charge in [0, 0.05) is 37.9 Å². The number of anilines is 1. The van der Waals surface area contributed by atoms with Gasteiger partial charge in [0.15, 0.2) is 0 Å². The topological polar surface area (TPSA) is 49.3 Å². The highest BCUT2D eigenvalue weighted by molar-refractivity contribution is 5.79. The fourth-order valence-electron chi connectivity index (χ4n) is 3.51. The molecule has 1 atom stereocenters. The Balaban J connectivity index is 1.66. The van der Waals surface area contributed by atoms with Crippen molar-refractivity contribution in [1.82, 2.24) is 14.9 Å². The molecule has 3 heterocycles. The predicted molar refractivity (Wildman–Crippen MR) is 86.8 cm³/mol. The number of amides is 1. The van der Waals surface area contributed by atoms with Gasteiger partial charge in [0.25, 0.3) is 0 Å². The van der Waals surface area contributed by atoms with Crippen LogP contribution < -0.4 is 4.90 Å². The number of nitrogens with zero attached hydrogens (tertiary/aromatic N) is 4. The van der Waals surface area contributed by atoms with E-state index in [1.54, 1.807) is 6.33 Å². The minimum absolute atomic E-state index is 0.131. The minimum atomic E-state index is 0.131. The third kappa shape index (κ3) is 3.39. The molecule has 0 N–H and O–H groups in total.